The van der Waals surface area contributed by atoms with E-state index in [0.717, 1.165) is 6.08 Å². The number of fused-ring (bicyclic) bond motifs is 18. The van der Waals surface area contributed by atoms with E-state index in [1.54, 1.807) is 136 Å². The van der Waals surface area contributed by atoms with Crippen LogP contribution in [0.15, 0.2) is 136 Å². The summed E-state index contributed by atoms with van der Waals surface area (Å²) in [6, 6.07) is 24.3. The molecule has 0 aromatic heterocycles. The molecule has 3 aromatic carbocycles. The molecule has 6 bridgehead atoms. The molecule has 0 spiro atoms. The molecule has 654 valence electrons. The Morgan fingerprint density at radius 1 is 0.458 bits per heavy atom. The summed E-state index contributed by atoms with van der Waals surface area (Å²) in [5, 5.41) is 107. The van der Waals surface area contributed by atoms with Crippen molar-refractivity contribution in [3.8, 4) is 0 Å². The number of aliphatic hydroxyl groups excluding tert-OH is 6. The Morgan fingerprint density at radius 2 is 0.817 bits per heavy atom. The van der Waals surface area contributed by atoms with Gasteiger partial charge in [-0.15, -0.1) is 0 Å². The number of rotatable bonds is 9. The second-order valence-electron chi connectivity index (χ2n) is 38.1. The first kappa shape index (κ1) is 88.6. The van der Waals surface area contributed by atoms with Gasteiger partial charge in [0.1, 0.15) is 89.9 Å². The normalized spacial score (nSPS) is 43.4. The number of ether oxygens (including phenoxy) is 11. The van der Waals surface area contributed by atoms with Gasteiger partial charge >= 0.3 is 35.8 Å². The van der Waals surface area contributed by atoms with Crippen molar-refractivity contribution in [3.05, 3.63) is 153 Å². The zero-order valence-corrected chi connectivity index (χ0v) is 70.4. The van der Waals surface area contributed by atoms with Crippen molar-refractivity contribution >= 4 is 41.6 Å². The average Bonchev–Trinajstić information content (AvgIpc) is 1.23. The second-order valence-corrected chi connectivity index (χ2v) is 38.1. The summed E-state index contributed by atoms with van der Waals surface area (Å²) in [5.74, 6) is -11.4. The minimum absolute atomic E-state index is 0.0508. The van der Waals surface area contributed by atoms with Crippen molar-refractivity contribution in [1.29, 1.82) is 0 Å². The number of alkyl halides is 2. The Balaban J connectivity index is 0.000000148. The summed E-state index contributed by atoms with van der Waals surface area (Å²) >= 11 is 0. The van der Waals surface area contributed by atoms with Gasteiger partial charge in [-0.3, -0.25) is 19.2 Å². The molecule has 0 radical (unpaired) electrons. The summed E-state index contributed by atoms with van der Waals surface area (Å²) in [7, 11) is 0. The minimum Gasteiger partial charge on any atom is -0.455 e. The van der Waals surface area contributed by atoms with E-state index in [-0.39, 0.29) is 85.3 Å². The van der Waals surface area contributed by atoms with E-state index in [9.17, 15) is 79.5 Å². The molecule has 5 saturated carbocycles. The number of aliphatic hydroxyl groups is 9. The quantitative estimate of drug-likeness (QED) is 0.0563. The predicted molar refractivity (Wildman–Crippen MR) is 416 cm³/mol. The number of ketones is 1. The van der Waals surface area contributed by atoms with Crippen LogP contribution in [0.3, 0.4) is 0 Å². The molecule has 3 aromatic rings. The number of carbonyl (C=O) groups excluding carboxylic acids is 7. The van der Waals surface area contributed by atoms with E-state index in [1.165, 1.54) is 58.9 Å². The molecule has 9 fully saturated rings. The van der Waals surface area contributed by atoms with Gasteiger partial charge in [-0.1, -0.05) is 110 Å². The molecule has 9 N–H and O–H groups in total. The van der Waals surface area contributed by atoms with E-state index in [4.69, 9.17) is 52.1 Å². The highest BCUT2D eigenvalue weighted by molar-refractivity contribution is 5.94. The third kappa shape index (κ3) is 12.6. The lowest BCUT2D eigenvalue weighted by Crippen LogP contribution is -2.81. The number of Topliss-reactive ketones (excluding diaryl/α,β-unsaturated/α-hetero) is 1. The first-order valence-corrected chi connectivity index (χ1v) is 40.9. The molecule has 16 rings (SSSR count). The van der Waals surface area contributed by atoms with Crippen LogP contribution in [-0.4, -0.2) is 245 Å². The van der Waals surface area contributed by atoms with E-state index in [2.05, 4.69) is 0 Å². The molecule has 27 nitrogen and oxygen atoms in total. The van der Waals surface area contributed by atoms with Crippen LogP contribution in [-0.2, 0) is 71.3 Å². The summed E-state index contributed by atoms with van der Waals surface area (Å²) in [4.78, 5) is 92.5. The summed E-state index contributed by atoms with van der Waals surface area (Å²) in [6.45, 7) is 25.9. The van der Waals surface area contributed by atoms with Crippen LogP contribution < -0.4 is 0 Å². The molecule has 0 unspecified atom stereocenters. The highest BCUT2D eigenvalue weighted by Gasteiger charge is 2.83. The number of halogens is 3. The Hall–Kier alpha value is -7.66. The lowest BCUT2D eigenvalue weighted by Gasteiger charge is -2.68. The second kappa shape index (κ2) is 29.8. The number of benzene rings is 3. The molecule has 28 atom stereocenters. The lowest BCUT2D eigenvalue weighted by molar-refractivity contribution is -0.357. The monoisotopic (exact) mass is 1680 g/mol. The highest BCUT2D eigenvalue weighted by atomic mass is 19.1. The van der Waals surface area contributed by atoms with Gasteiger partial charge in [0.15, 0.2) is 28.4 Å². The van der Waals surface area contributed by atoms with Gasteiger partial charge in [0.2, 0.25) is 0 Å². The van der Waals surface area contributed by atoms with E-state index in [1.807, 2.05) is 13.8 Å². The number of esters is 6. The van der Waals surface area contributed by atoms with Gasteiger partial charge in [-0.25, -0.2) is 27.6 Å². The highest BCUT2D eigenvalue weighted by Crippen LogP contribution is 2.71. The summed E-state index contributed by atoms with van der Waals surface area (Å²) < 4.78 is 116. The standard InChI is InChI=1S/C32H41FO9.2C29H35FO9/c1-16-19(35)14-32(37)26(39-27(36)18-11-9-8-10-12-18)24-30(7,20(33)13-21-31(24,15-38-21)40-17(2)34)25-23(22(16)28(32,3)4)41-29(5,6)42-25;2*1-14-17(32)12-29(36)24(38-25(35)16-9-7-6-8-10-16)22-27(5,23(34)21(33)20(14)26(29,3)4)18(30)11-19-28(22,13-37-19)39-15(2)31/h8-12,19-21,23-26,35,37H,13-15H2,1-7H3;6-10,17-19,21-22,24,32-33,36H,11-13H2,1-5H3;6-11,17,19,21-24,32-34,36H,12-13H2,1-5H3/t19-,20+,21+,23+,24-,25+,26-,30+,31-,32+;17-,18+,19+,21+,22-,24-,27+,28-,29+;17-,19+,21+,22-,23+,24-,27+,28-,29+/m000/s1. The van der Waals surface area contributed by atoms with Crippen LogP contribution >= 0.6 is 0 Å². The van der Waals surface area contributed by atoms with Gasteiger partial charge in [0, 0.05) is 74.5 Å². The zero-order chi connectivity index (χ0) is 88.0. The van der Waals surface area contributed by atoms with E-state index < -0.39 is 235 Å². The number of hydrogen-bond donors (Lipinski definition) is 9. The molecule has 4 aliphatic heterocycles. The van der Waals surface area contributed by atoms with Crippen LogP contribution in [0.5, 0.6) is 0 Å². The third-order valence-corrected chi connectivity index (χ3v) is 30.5. The van der Waals surface area contributed by atoms with Gasteiger partial charge < -0.3 is 98.1 Å². The van der Waals surface area contributed by atoms with Crippen LogP contribution in [0.2, 0.25) is 0 Å². The lowest BCUT2D eigenvalue weighted by atomic mass is 9.44. The topological polar surface area (TPSA) is 403 Å². The summed E-state index contributed by atoms with van der Waals surface area (Å²) in [5.41, 5.74) is -17.9. The van der Waals surface area contributed by atoms with Crippen LogP contribution in [0.4, 0.5) is 13.2 Å². The molecular weight excluding hydrogens is 1570 g/mol. The van der Waals surface area contributed by atoms with Crippen molar-refractivity contribution in [2.24, 2.45) is 50.2 Å². The fraction of sp³-hybridized carbons (Fsp3) is 0.633. The molecular formula is C90H111F3O27. The van der Waals surface area contributed by atoms with Crippen molar-refractivity contribution in [3.63, 3.8) is 0 Å². The zero-order valence-electron chi connectivity index (χ0n) is 70.4. The van der Waals surface area contributed by atoms with E-state index >= 15 is 13.2 Å². The molecule has 13 aliphatic rings. The predicted octanol–water partition coefficient (Wildman–Crippen LogP) is 7.68. The Bertz CT molecular complexity index is 4700. The largest absolute Gasteiger partial charge is 0.455 e. The van der Waals surface area contributed by atoms with Gasteiger partial charge in [0.05, 0.1) is 95.6 Å². The Kier molecular flexibility index (Phi) is 22.0. The fourth-order valence-electron chi connectivity index (χ4n) is 23.8. The Labute approximate surface area is 693 Å². The SMILES string of the molecule is CC(=O)O[C@@]12CO[C@@H]1C=C(F)[C@@]1(C)[C@H](O)[C@H](O)C3=C(C)[C@@H](O)C[C@@](O)([C@@H](OC(=O)c4ccccc4)[C@H]21)C3(C)C.CC(=O)O[C@@]12CO[C@@H]1C[C@@H](F)[C@@]1(C)C(=O)[C@H](O)C3=C(C)[C@@H](O)C[C@@](O)([C@@H](OC(=O)c4ccccc4)[C@H]21)C3(C)C.CC(=O)O[C@@]12CO[C@@H]1C[C@@H](F)[C@@]1(C)[C@@H]3OC(C)(C)O[C@@H]3C3=C(C)[C@@H](O)C[C@@](O)([C@@H](OC(=O)c4ccccc4)[C@H]21)C3(C)C. The van der Waals surface area contributed by atoms with Crippen LogP contribution in [0.25, 0.3) is 0 Å². The van der Waals surface area contributed by atoms with Gasteiger partial charge in [-0.2, -0.15) is 0 Å². The minimum atomic E-state index is -2.12. The molecule has 30 heteroatoms. The first-order valence-electron chi connectivity index (χ1n) is 40.9. The molecule has 9 aliphatic carbocycles. The van der Waals surface area contributed by atoms with Crippen LogP contribution in [0, 0.1) is 50.2 Å². The van der Waals surface area contributed by atoms with Crippen LogP contribution in [0.1, 0.15) is 181 Å². The fourth-order valence-corrected chi connectivity index (χ4v) is 23.8. The molecule has 4 saturated heterocycles. The van der Waals surface area contributed by atoms with Crippen molar-refractivity contribution in [1.82, 2.24) is 0 Å². The number of hydrogen-bond acceptors (Lipinski definition) is 27. The average molecular weight is 1680 g/mol. The first-order chi connectivity index (χ1) is 55.7. The smallest absolute Gasteiger partial charge is 0.338 e. The molecule has 120 heavy (non-hydrogen) atoms. The maximum absolute atomic E-state index is 16.9. The maximum atomic E-state index is 16.9. The van der Waals surface area contributed by atoms with Crippen molar-refractivity contribution in [2.45, 2.75) is 287 Å². The molecule has 0 amide bonds. The summed E-state index contributed by atoms with van der Waals surface area (Å²) in [6.07, 6.45) is -22.2. The van der Waals surface area contributed by atoms with Gasteiger partial charge in [0.25, 0.3) is 0 Å². The van der Waals surface area contributed by atoms with Gasteiger partial charge in [-0.05, 0) is 117 Å². The van der Waals surface area contributed by atoms with Crippen molar-refractivity contribution < 1.29 is 145 Å². The Morgan fingerprint density at radius 3 is 1.22 bits per heavy atom. The maximum Gasteiger partial charge on any atom is 0.338 e. The van der Waals surface area contributed by atoms with E-state index in [0.29, 0.717) is 16.7 Å². The third-order valence-electron chi connectivity index (χ3n) is 30.5. The number of carbonyl (C=O) groups is 7. The van der Waals surface area contributed by atoms with Crippen molar-refractivity contribution in [2.75, 3.05) is 19.8 Å². The molecule has 4 heterocycles.